The molecular formula is C18H18F3N3O5. The first kappa shape index (κ1) is 21.9. The topological polar surface area (TPSA) is 103 Å². The lowest BCUT2D eigenvalue weighted by Gasteiger charge is -2.12. The van der Waals surface area contributed by atoms with Gasteiger partial charge >= 0.3 is 12.1 Å². The molecule has 0 aliphatic heterocycles. The highest BCUT2D eigenvalue weighted by Gasteiger charge is 2.30. The molecule has 11 heteroatoms. The number of ether oxygens (including phenoxy) is 1. The fourth-order valence-electron chi connectivity index (χ4n) is 2.82. The summed E-state index contributed by atoms with van der Waals surface area (Å²) < 4.78 is 43.9. The van der Waals surface area contributed by atoms with Crippen LogP contribution in [0.15, 0.2) is 24.3 Å². The number of aryl methyl sites for hydroxylation is 1. The summed E-state index contributed by atoms with van der Waals surface area (Å²) in [6.07, 6.45) is -4.45. The van der Waals surface area contributed by atoms with Crippen molar-refractivity contribution in [1.29, 1.82) is 0 Å². The molecule has 0 amide bonds. The van der Waals surface area contributed by atoms with Gasteiger partial charge in [0.25, 0.3) is 5.69 Å². The Labute approximate surface area is 163 Å². The number of hydrogen-bond acceptors (Lipinski definition) is 6. The van der Waals surface area contributed by atoms with Crippen molar-refractivity contribution in [3.05, 3.63) is 56.9 Å². The van der Waals surface area contributed by atoms with Crippen LogP contribution in [0.3, 0.4) is 0 Å². The van der Waals surface area contributed by atoms with Crippen molar-refractivity contribution in [2.24, 2.45) is 0 Å². The van der Waals surface area contributed by atoms with E-state index in [1.165, 1.54) is 39.1 Å². The van der Waals surface area contributed by atoms with E-state index in [0.29, 0.717) is 0 Å². The van der Waals surface area contributed by atoms with Gasteiger partial charge < -0.3 is 14.6 Å². The van der Waals surface area contributed by atoms with Crippen LogP contribution in [0.5, 0.6) is 0 Å². The van der Waals surface area contributed by atoms with E-state index in [1.54, 1.807) is 0 Å². The van der Waals surface area contributed by atoms with Crippen LogP contribution in [0.25, 0.3) is 0 Å². The second-order valence-corrected chi connectivity index (χ2v) is 6.22. The summed E-state index contributed by atoms with van der Waals surface area (Å²) in [6.45, 7) is 0.855. The van der Waals surface area contributed by atoms with Crippen LogP contribution in [-0.4, -0.2) is 41.1 Å². The first-order valence-electron chi connectivity index (χ1n) is 8.34. The summed E-state index contributed by atoms with van der Waals surface area (Å²) in [4.78, 5) is 34.8. The monoisotopic (exact) mass is 413 g/mol. The highest BCUT2D eigenvalue weighted by Crippen LogP contribution is 2.26. The summed E-state index contributed by atoms with van der Waals surface area (Å²) >= 11 is 0. The van der Waals surface area contributed by atoms with E-state index < -0.39 is 36.0 Å². The molecule has 0 radical (unpaired) electrons. The number of nitrogens with zero attached hydrogens (tertiary/aromatic N) is 2. The second kappa shape index (κ2) is 8.33. The van der Waals surface area contributed by atoms with Crippen molar-refractivity contribution in [2.45, 2.75) is 26.6 Å². The third kappa shape index (κ3) is 5.12. The molecule has 2 aromatic rings. The zero-order chi connectivity index (χ0) is 21.9. The second-order valence-electron chi connectivity index (χ2n) is 6.22. The van der Waals surface area contributed by atoms with Gasteiger partial charge in [-0.05, 0) is 32.0 Å². The van der Waals surface area contributed by atoms with Crippen molar-refractivity contribution in [1.82, 2.24) is 4.57 Å². The molecule has 2 rings (SSSR count). The molecule has 0 unspecified atom stereocenters. The predicted molar refractivity (Wildman–Crippen MR) is 97.2 cm³/mol. The predicted octanol–water partition coefficient (Wildman–Crippen LogP) is 3.66. The SMILES string of the molecule is CNc1ccc(C(=O)OCC(=O)c2cc(C)n(CC(F)(F)F)c2C)cc1[N+](=O)[O-]. The molecule has 29 heavy (non-hydrogen) atoms. The third-order valence-corrected chi connectivity index (χ3v) is 4.25. The first-order valence-corrected chi connectivity index (χ1v) is 8.34. The Hall–Kier alpha value is -3.37. The number of aromatic nitrogens is 1. The molecule has 0 fully saturated rings. The van der Waals surface area contributed by atoms with E-state index in [1.807, 2.05) is 0 Å². The number of esters is 1. The summed E-state index contributed by atoms with van der Waals surface area (Å²) in [5, 5.41) is 13.7. The van der Waals surface area contributed by atoms with E-state index in [2.05, 4.69) is 5.32 Å². The number of Topliss-reactive ketones (excluding diaryl/α,β-unsaturated/α-hetero) is 1. The number of nitrogens with one attached hydrogen (secondary N) is 1. The number of halogens is 3. The Morgan fingerprint density at radius 2 is 1.90 bits per heavy atom. The maximum absolute atomic E-state index is 12.7. The van der Waals surface area contributed by atoms with E-state index in [0.717, 1.165) is 10.6 Å². The molecule has 1 heterocycles. The Morgan fingerprint density at radius 3 is 2.45 bits per heavy atom. The molecule has 0 saturated carbocycles. The first-order chi connectivity index (χ1) is 13.4. The molecule has 0 bridgehead atoms. The van der Waals surface area contributed by atoms with Gasteiger partial charge in [0.05, 0.1) is 10.5 Å². The highest BCUT2D eigenvalue weighted by molar-refractivity contribution is 6.00. The molecule has 0 aliphatic carbocycles. The summed E-state index contributed by atoms with van der Waals surface area (Å²) in [7, 11) is 1.48. The lowest BCUT2D eigenvalue weighted by molar-refractivity contribution is -0.384. The maximum atomic E-state index is 12.7. The normalized spacial score (nSPS) is 11.2. The van der Waals surface area contributed by atoms with Gasteiger partial charge in [0.2, 0.25) is 5.78 Å². The molecule has 0 atom stereocenters. The number of carbonyl (C=O) groups excluding carboxylic acids is 2. The van der Waals surface area contributed by atoms with E-state index in [-0.39, 0.29) is 33.9 Å². The molecule has 0 spiro atoms. The van der Waals surface area contributed by atoms with Gasteiger partial charge in [0, 0.05) is 30.1 Å². The number of rotatable bonds is 7. The molecule has 0 aliphatic rings. The van der Waals surface area contributed by atoms with Crippen LogP contribution >= 0.6 is 0 Å². The number of carbonyl (C=O) groups is 2. The standard InChI is InChI=1S/C18H18F3N3O5/c1-10-6-13(11(2)23(10)9-18(19,20)21)16(25)8-29-17(26)12-4-5-14(22-3)15(7-12)24(27)28/h4-7,22H,8-9H2,1-3H3. The Morgan fingerprint density at radius 1 is 1.24 bits per heavy atom. The van der Waals surface area contributed by atoms with Gasteiger partial charge in [-0.25, -0.2) is 4.79 Å². The summed E-state index contributed by atoms with van der Waals surface area (Å²) in [5.41, 5.74) is 0.0773. The number of hydrogen-bond donors (Lipinski definition) is 1. The van der Waals surface area contributed by atoms with E-state index in [9.17, 15) is 32.9 Å². The minimum Gasteiger partial charge on any atom is -0.454 e. The zero-order valence-corrected chi connectivity index (χ0v) is 15.8. The van der Waals surface area contributed by atoms with Crippen molar-refractivity contribution < 1.29 is 32.4 Å². The van der Waals surface area contributed by atoms with Crippen LogP contribution in [-0.2, 0) is 11.3 Å². The number of benzene rings is 1. The molecular weight excluding hydrogens is 395 g/mol. The summed E-state index contributed by atoms with van der Waals surface area (Å²) in [6, 6.07) is 4.92. The molecule has 8 nitrogen and oxygen atoms in total. The molecule has 1 aromatic carbocycles. The molecule has 1 N–H and O–H groups in total. The van der Waals surface area contributed by atoms with Gasteiger partial charge in [-0.2, -0.15) is 13.2 Å². The lowest BCUT2D eigenvalue weighted by atomic mass is 10.1. The van der Waals surface area contributed by atoms with Crippen molar-refractivity contribution >= 4 is 23.1 Å². The number of nitro benzene ring substituents is 1. The smallest absolute Gasteiger partial charge is 0.406 e. The average molecular weight is 413 g/mol. The minimum atomic E-state index is -4.45. The zero-order valence-electron chi connectivity index (χ0n) is 15.8. The quantitative estimate of drug-likeness (QED) is 0.322. The fourth-order valence-corrected chi connectivity index (χ4v) is 2.82. The maximum Gasteiger partial charge on any atom is 0.406 e. The van der Waals surface area contributed by atoms with Gasteiger partial charge in [0.15, 0.2) is 6.61 Å². The number of alkyl halides is 3. The van der Waals surface area contributed by atoms with Crippen molar-refractivity contribution in [3.8, 4) is 0 Å². The number of nitro groups is 1. The third-order valence-electron chi connectivity index (χ3n) is 4.25. The van der Waals surface area contributed by atoms with Crippen LogP contribution in [0.4, 0.5) is 24.5 Å². The van der Waals surface area contributed by atoms with Crippen molar-refractivity contribution in [2.75, 3.05) is 19.0 Å². The molecule has 0 saturated heterocycles. The van der Waals surface area contributed by atoms with Gasteiger partial charge in [0.1, 0.15) is 12.2 Å². The highest BCUT2D eigenvalue weighted by atomic mass is 19.4. The summed E-state index contributed by atoms with van der Waals surface area (Å²) in [5.74, 6) is -1.64. The Kier molecular flexibility index (Phi) is 6.30. The van der Waals surface area contributed by atoms with Crippen LogP contribution in [0.1, 0.15) is 32.1 Å². The average Bonchev–Trinajstić information content (AvgIpc) is 2.92. The fraction of sp³-hybridized carbons (Fsp3) is 0.333. The van der Waals surface area contributed by atoms with Gasteiger partial charge in [-0.15, -0.1) is 0 Å². The van der Waals surface area contributed by atoms with Crippen LogP contribution in [0, 0.1) is 24.0 Å². The Bertz CT molecular complexity index is 966. The van der Waals surface area contributed by atoms with Crippen LogP contribution < -0.4 is 5.32 Å². The molecule has 156 valence electrons. The van der Waals surface area contributed by atoms with E-state index >= 15 is 0 Å². The van der Waals surface area contributed by atoms with Gasteiger partial charge in [-0.3, -0.25) is 14.9 Å². The minimum absolute atomic E-state index is 0.0102. The number of anilines is 1. The number of ketones is 1. The Balaban J connectivity index is 2.14. The van der Waals surface area contributed by atoms with E-state index in [4.69, 9.17) is 4.74 Å². The lowest BCUT2D eigenvalue weighted by Crippen LogP contribution is -2.20. The van der Waals surface area contributed by atoms with Crippen LogP contribution in [0.2, 0.25) is 0 Å². The molecule has 1 aromatic heterocycles. The van der Waals surface area contributed by atoms with Gasteiger partial charge in [-0.1, -0.05) is 0 Å². The largest absolute Gasteiger partial charge is 0.454 e. The van der Waals surface area contributed by atoms with Crippen molar-refractivity contribution in [3.63, 3.8) is 0 Å².